The van der Waals surface area contributed by atoms with E-state index in [0.29, 0.717) is 17.4 Å². The summed E-state index contributed by atoms with van der Waals surface area (Å²) in [5.74, 6) is 0.458. The van der Waals surface area contributed by atoms with Gasteiger partial charge >= 0.3 is 0 Å². The molecule has 102 valence electrons. The number of aliphatic hydroxyl groups excluding tert-OH is 1. The van der Waals surface area contributed by atoms with Crippen LogP contribution in [0, 0.1) is 11.3 Å². The Morgan fingerprint density at radius 3 is 2.47 bits per heavy atom. The van der Waals surface area contributed by atoms with E-state index in [0.717, 1.165) is 19.4 Å². The van der Waals surface area contributed by atoms with Crippen molar-refractivity contribution in [3.8, 4) is 0 Å². The van der Waals surface area contributed by atoms with Gasteiger partial charge in [-0.05, 0) is 30.6 Å². The van der Waals surface area contributed by atoms with Crippen molar-refractivity contribution in [2.45, 2.75) is 78.4 Å². The molecule has 0 aromatic carbocycles. The third-order valence-corrected chi connectivity index (χ3v) is 4.41. The number of hydrogen-bond donors (Lipinski definition) is 2. The fraction of sp³-hybridized carbons (Fsp3) is 1.00. The van der Waals surface area contributed by atoms with E-state index in [1.54, 1.807) is 0 Å². The summed E-state index contributed by atoms with van der Waals surface area (Å²) in [6.07, 6.45) is 7.19. The van der Waals surface area contributed by atoms with Crippen LogP contribution in [-0.4, -0.2) is 23.8 Å². The van der Waals surface area contributed by atoms with E-state index < -0.39 is 0 Å². The highest BCUT2D eigenvalue weighted by molar-refractivity contribution is 4.84. The summed E-state index contributed by atoms with van der Waals surface area (Å²) in [7, 11) is 0. The molecule has 0 saturated heterocycles. The van der Waals surface area contributed by atoms with Crippen LogP contribution in [0.3, 0.4) is 0 Å². The maximum absolute atomic E-state index is 10.1. The summed E-state index contributed by atoms with van der Waals surface area (Å²) >= 11 is 0. The monoisotopic (exact) mass is 241 g/mol. The van der Waals surface area contributed by atoms with Gasteiger partial charge in [-0.1, -0.05) is 47.0 Å². The predicted octanol–water partition coefficient (Wildman–Crippen LogP) is 3.34. The number of aliphatic hydroxyl groups is 1. The molecule has 0 aromatic rings. The molecular weight excluding hydrogens is 210 g/mol. The average Bonchev–Trinajstić information content (AvgIpc) is 2.27. The lowest BCUT2D eigenvalue weighted by Crippen LogP contribution is -2.42. The smallest absolute Gasteiger partial charge is 0.0692 e. The van der Waals surface area contributed by atoms with E-state index in [1.807, 2.05) is 0 Å². The van der Waals surface area contributed by atoms with Crippen molar-refractivity contribution in [2.24, 2.45) is 11.3 Å². The summed E-state index contributed by atoms with van der Waals surface area (Å²) in [4.78, 5) is 0. The van der Waals surface area contributed by atoms with E-state index in [4.69, 9.17) is 0 Å². The molecule has 1 aliphatic rings. The Balaban J connectivity index is 2.30. The molecule has 17 heavy (non-hydrogen) atoms. The van der Waals surface area contributed by atoms with Gasteiger partial charge in [-0.2, -0.15) is 0 Å². The largest absolute Gasteiger partial charge is 0.392 e. The van der Waals surface area contributed by atoms with Crippen molar-refractivity contribution in [3.05, 3.63) is 0 Å². The summed E-state index contributed by atoms with van der Waals surface area (Å²) < 4.78 is 0. The van der Waals surface area contributed by atoms with Crippen molar-refractivity contribution in [1.82, 2.24) is 5.32 Å². The molecule has 1 rings (SSSR count). The van der Waals surface area contributed by atoms with Crippen molar-refractivity contribution >= 4 is 0 Å². The van der Waals surface area contributed by atoms with Gasteiger partial charge < -0.3 is 10.4 Å². The molecule has 2 atom stereocenters. The van der Waals surface area contributed by atoms with Gasteiger partial charge in [0, 0.05) is 12.6 Å². The maximum Gasteiger partial charge on any atom is 0.0692 e. The highest BCUT2D eigenvalue weighted by Gasteiger charge is 2.28. The Bertz CT molecular complexity index is 211. The van der Waals surface area contributed by atoms with E-state index in [2.05, 4.69) is 33.0 Å². The minimum Gasteiger partial charge on any atom is -0.392 e. The molecule has 2 heteroatoms. The lowest BCUT2D eigenvalue weighted by atomic mass is 9.75. The highest BCUT2D eigenvalue weighted by Crippen LogP contribution is 2.35. The Labute approximate surface area is 107 Å². The molecule has 0 amide bonds. The van der Waals surface area contributed by atoms with Gasteiger partial charge in [0.05, 0.1) is 6.10 Å². The van der Waals surface area contributed by atoms with Gasteiger partial charge in [-0.15, -0.1) is 0 Å². The van der Waals surface area contributed by atoms with Gasteiger partial charge in [-0.25, -0.2) is 0 Å². The van der Waals surface area contributed by atoms with Crippen LogP contribution in [0.5, 0.6) is 0 Å². The van der Waals surface area contributed by atoms with Crippen LogP contribution in [0.1, 0.15) is 66.2 Å². The molecule has 2 unspecified atom stereocenters. The highest BCUT2D eigenvalue weighted by atomic mass is 16.3. The van der Waals surface area contributed by atoms with Crippen LogP contribution in [0.2, 0.25) is 0 Å². The van der Waals surface area contributed by atoms with Gasteiger partial charge in [0.1, 0.15) is 0 Å². The van der Waals surface area contributed by atoms with Gasteiger partial charge in [-0.3, -0.25) is 0 Å². The summed E-state index contributed by atoms with van der Waals surface area (Å²) in [5, 5.41) is 13.7. The van der Waals surface area contributed by atoms with Crippen LogP contribution in [0.15, 0.2) is 0 Å². The molecule has 1 saturated carbocycles. The second-order valence-corrected chi connectivity index (χ2v) is 6.51. The average molecular weight is 241 g/mol. The minimum atomic E-state index is -0.171. The SMILES string of the molecule is CCC(CC)C(O)CNC1CCCC(C)(C)C1. The molecule has 0 spiro atoms. The van der Waals surface area contributed by atoms with Crippen LogP contribution in [-0.2, 0) is 0 Å². The van der Waals surface area contributed by atoms with Crippen molar-refractivity contribution in [2.75, 3.05) is 6.54 Å². The first-order chi connectivity index (χ1) is 7.98. The Morgan fingerprint density at radius 1 is 1.29 bits per heavy atom. The first-order valence-electron chi connectivity index (χ1n) is 7.40. The minimum absolute atomic E-state index is 0.171. The molecule has 0 aromatic heterocycles. The summed E-state index contributed by atoms with van der Waals surface area (Å²) in [5.41, 5.74) is 0.482. The zero-order valence-corrected chi connectivity index (χ0v) is 12.1. The fourth-order valence-corrected chi connectivity index (χ4v) is 3.16. The number of hydrogen-bond acceptors (Lipinski definition) is 2. The number of rotatable bonds is 6. The third kappa shape index (κ3) is 4.97. The van der Waals surface area contributed by atoms with Crippen molar-refractivity contribution in [1.29, 1.82) is 0 Å². The van der Waals surface area contributed by atoms with E-state index in [1.165, 1.54) is 25.7 Å². The van der Waals surface area contributed by atoms with Gasteiger partial charge in [0.15, 0.2) is 0 Å². The van der Waals surface area contributed by atoms with E-state index >= 15 is 0 Å². The van der Waals surface area contributed by atoms with Crippen LogP contribution in [0.4, 0.5) is 0 Å². The molecule has 1 fully saturated rings. The second-order valence-electron chi connectivity index (χ2n) is 6.51. The molecule has 2 N–H and O–H groups in total. The van der Waals surface area contributed by atoms with Crippen LogP contribution < -0.4 is 5.32 Å². The zero-order valence-electron chi connectivity index (χ0n) is 12.1. The molecule has 0 aliphatic heterocycles. The Kier molecular flexibility index (Phi) is 5.94. The molecular formula is C15H31NO. The standard InChI is InChI=1S/C15H31NO/c1-5-12(6-2)14(17)11-16-13-8-7-9-15(3,4)10-13/h12-14,16-17H,5-11H2,1-4H3. The Morgan fingerprint density at radius 2 is 1.94 bits per heavy atom. The lowest BCUT2D eigenvalue weighted by molar-refractivity contribution is 0.0909. The first kappa shape index (κ1) is 15.0. The molecule has 2 nitrogen and oxygen atoms in total. The summed E-state index contributed by atoms with van der Waals surface area (Å²) in [6.45, 7) is 9.83. The molecule has 0 heterocycles. The van der Waals surface area contributed by atoms with E-state index in [9.17, 15) is 5.11 Å². The van der Waals surface area contributed by atoms with Crippen molar-refractivity contribution < 1.29 is 5.11 Å². The van der Waals surface area contributed by atoms with E-state index in [-0.39, 0.29) is 6.10 Å². The Hall–Kier alpha value is -0.0800. The maximum atomic E-state index is 10.1. The predicted molar refractivity (Wildman–Crippen MR) is 74.1 cm³/mol. The van der Waals surface area contributed by atoms with Crippen molar-refractivity contribution in [3.63, 3.8) is 0 Å². The first-order valence-corrected chi connectivity index (χ1v) is 7.40. The lowest BCUT2D eigenvalue weighted by Gasteiger charge is -2.36. The zero-order chi connectivity index (χ0) is 12.9. The van der Waals surface area contributed by atoms with Gasteiger partial charge in [0.25, 0.3) is 0 Å². The van der Waals surface area contributed by atoms with Crippen LogP contribution >= 0.6 is 0 Å². The third-order valence-electron chi connectivity index (χ3n) is 4.41. The second kappa shape index (κ2) is 6.75. The van der Waals surface area contributed by atoms with Crippen LogP contribution in [0.25, 0.3) is 0 Å². The molecule has 0 radical (unpaired) electrons. The fourth-order valence-electron chi connectivity index (χ4n) is 3.16. The molecule has 0 bridgehead atoms. The quantitative estimate of drug-likeness (QED) is 0.747. The number of nitrogens with one attached hydrogen (secondary N) is 1. The summed E-state index contributed by atoms with van der Waals surface area (Å²) in [6, 6.07) is 0.614. The topological polar surface area (TPSA) is 32.3 Å². The normalized spacial score (nSPS) is 26.1. The van der Waals surface area contributed by atoms with Gasteiger partial charge in [0.2, 0.25) is 0 Å². The molecule has 1 aliphatic carbocycles.